The normalized spacial score (nSPS) is 21.2. The molecular weight excluding hydrogens is 961 g/mol. The largest absolute Gasteiger partial charge is 0.465 e. The number of rotatable bonds is 13. The lowest BCUT2D eigenvalue weighted by atomic mass is 9.92. The van der Waals surface area contributed by atoms with Gasteiger partial charge in [0.15, 0.2) is 11.6 Å². The summed E-state index contributed by atoms with van der Waals surface area (Å²) in [5, 5.41) is 12.5. The molecule has 0 radical (unpaired) electrons. The van der Waals surface area contributed by atoms with E-state index in [4.69, 9.17) is 14.7 Å². The van der Waals surface area contributed by atoms with Gasteiger partial charge in [-0.25, -0.2) is 28.3 Å². The highest BCUT2D eigenvalue weighted by molar-refractivity contribution is 5.87. The van der Waals surface area contributed by atoms with E-state index in [0.29, 0.717) is 80.2 Å². The lowest BCUT2D eigenvalue weighted by molar-refractivity contribution is -0.138. The number of hydrogen-bond acceptors (Lipinski definition) is 10. The molecule has 0 unspecified atom stereocenters. The van der Waals surface area contributed by atoms with Crippen molar-refractivity contribution in [2.24, 2.45) is 11.8 Å². The number of amides is 4. The smallest absolute Gasteiger partial charge is 0.407 e. The van der Waals surface area contributed by atoms with Crippen LogP contribution in [-0.2, 0) is 14.3 Å². The number of imidazole rings is 2. The third kappa shape index (κ3) is 9.92. The molecule has 0 bridgehead atoms. The minimum atomic E-state index is -1.17. The van der Waals surface area contributed by atoms with Gasteiger partial charge in [-0.1, -0.05) is 45.9 Å². The van der Waals surface area contributed by atoms with E-state index in [1.807, 2.05) is 87.2 Å². The Morgan fingerprint density at radius 1 is 0.720 bits per heavy atom. The van der Waals surface area contributed by atoms with Crippen LogP contribution in [0.15, 0.2) is 72.9 Å². The molecule has 4 aliphatic heterocycles. The molecule has 17 nitrogen and oxygen atoms in total. The number of benzene rings is 3. The van der Waals surface area contributed by atoms with Crippen molar-refractivity contribution >= 4 is 57.4 Å². The maximum absolute atomic E-state index is 16.8. The van der Waals surface area contributed by atoms with E-state index in [9.17, 15) is 24.3 Å². The van der Waals surface area contributed by atoms with Crippen LogP contribution in [-0.4, -0.2) is 121 Å². The first-order chi connectivity index (χ1) is 36.1. The van der Waals surface area contributed by atoms with Crippen LogP contribution >= 0.6 is 0 Å². The zero-order valence-corrected chi connectivity index (χ0v) is 43.4. The molecule has 4 N–H and O–H groups in total. The molecule has 6 atom stereocenters. The highest BCUT2D eigenvalue weighted by atomic mass is 19.1. The average molecular weight is 1030 g/mol. The Morgan fingerprint density at radius 3 is 1.77 bits per heavy atom. The van der Waals surface area contributed by atoms with Crippen LogP contribution in [0.5, 0.6) is 0 Å². The van der Waals surface area contributed by atoms with Gasteiger partial charge in [-0.15, -0.1) is 0 Å². The van der Waals surface area contributed by atoms with Gasteiger partial charge < -0.3 is 44.7 Å². The number of halogens is 2. The number of methoxy groups -OCH3 is 1. The number of carbonyl (C=O) groups is 4. The second kappa shape index (κ2) is 21.1. The molecule has 3 aromatic carbocycles. The third-order valence-electron chi connectivity index (χ3n) is 16.1. The second-order valence-corrected chi connectivity index (χ2v) is 21.4. The fourth-order valence-electron chi connectivity index (χ4n) is 12.4. The van der Waals surface area contributed by atoms with Crippen LogP contribution in [0.4, 0.5) is 29.7 Å². The number of pyridine rings is 1. The van der Waals surface area contributed by atoms with Gasteiger partial charge in [0, 0.05) is 56.7 Å². The van der Waals surface area contributed by atoms with Crippen molar-refractivity contribution in [2.75, 3.05) is 50.1 Å². The number of nitrogens with one attached hydrogen (secondary N) is 3. The fraction of sp³-hybridized carbons (Fsp3) is 0.482. The van der Waals surface area contributed by atoms with Crippen LogP contribution in [0, 0.1) is 23.5 Å². The molecule has 4 amide bonds. The number of H-pyrrole nitrogens is 2. The van der Waals surface area contributed by atoms with Gasteiger partial charge >= 0.3 is 12.2 Å². The molecule has 19 heteroatoms. The number of carboxylic acid groups (broad SMARTS) is 1. The first-order valence-electron chi connectivity index (χ1n) is 26.4. The monoisotopic (exact) mass is 1030 g/mol. The minimum absolute atomic E-state index is 0.0320. The lowest BCUT2D eigenvalue weighted by Gasteiger charge is -2.36. The van der Waals surface area contributed by atoms with E-state index in [1.165, 1.54) is 26.3 Å². The van der Waals surface area contributed by atoms with Gasteiger partial charge in [-0.2, -0.15) is 0 Å². The molecule has 0 saturated carbocycles. The average Bonchev–Trinajstić information content (AvgIpc) is 4.27. The summed E-state index contributed by atoms with van der Waals surface area (Å²) in [6.07, 6.45) is 5.56. The predicted octanol–water partition coefficient (Wildman–Crippen LogP) is 9.92. The maximum Gasteiger partial charge on any atom is 0.407 e. The highest BCUT2D eigenvalue weighted by Gasteiger charge is 2.42. The van der Waals surface area contributed by atoms with E-state index in [0.717, 1.165) is 58.4 Å². The second-order valence-electron chi connectivity index (χ2n) is 21.4. The Kier molecular flexibility index (Phi) is 14.4. The summed E-state index contributed by atoms with van der Waals surface area (Å²) in [5.74, 6) is -0.678. The summed E-state index contributed by atoms with van der Waals surface area (Å²) >= 11 is 0. The molecule has 4 fully saturated rings. The summed E-state index contributed by atoms with van der Waals surface area (Å²) in [5.41, 5.74) is 6.11. The molecule has 4 saturated heterocycles. The number of anilines is 2. The molecule has 6 aromatic rings. The van der Waals surface area contributed by atoms with Crippen molar-refractivity contribution in [3.8, 4) is 0 Å². The topological polar surface area (TPSA) is 196 Å². The summed E-state index contributed by atoms with van der Waals surface area (Å²) < 4.78 is 38.5. The summed E-state index contributed by atoms with van der Waals surface area (Å²) in [6, 6.07) is 17.8. The highest BCUT2D eigenvalue weighted by Crippen LogP contribution is 2.49. The molecule has 0 spiro atoms. The lowest BCUT2D eigenvalue weighted by Crippen LogP contribution is -2.51. The Morgan fingerprint density at radius 2 is 1.28 bits per heavy atom. The van der Waals surface area contributed by atoms with Crippen molar-refractivity contribution < 1.29 is 37.8 Å². The third-order valence-corrected chi connectivity index (χ3v) is 16.1. The van der Waals surface area contributed by atoms with Crippen molar-refractivity contribution in [2.45, 2.75) is 121 Å². The van der Waals surface area contributed by atoms with Crippen LogP contribution in [0.2, 0.25) is 0 Å². The van der Waals surface area contributed by atoms with Gasteiger partial charge in [0.05, 0.1) is 53.3 Å². The van der Waals surface area contributed by atoms with E-state index in [1.54, 1.807) is 16.0 Å². The maximum atomic E-state index is 16.8. The van der Waals surface area contributed by atoms with Crippen LogP contribution in [0.3, 0.4) is 0 Å². The zero-order chi connectivity index (χ0) is 52.8. The number of aromatic amines is 2. The SMILES string of the molecule is COC(=O)N[C@H](C(=O)N1CCC[C@H]1c1nc2cc([C@H]3CC[C@H](c4ccc5[nH]c([C@@H]6CCCN6C(=O)[C@H](C(C)C)N(C)C(=O)O)nc5c4)N3c3cc(F)c(N4CCC(c5ccccn5)CC4)c(F)c3)ccc2[nH]1)C(C)C. The molecule has 396 valence electrons. The number of likely N-dealkylation sites (N-methyl/N-ethyl adjacent to an activating group) is 1. The number of nitrogens with zero attached hydrogens (tertiary/aromatic N) is 8. The van der Waals surface area contributed by atoms with Crippen molar-refractivity contribution in [1.82, 2.24) is 44.9 Å². The number of carbonyl (C=O) groups excluding carboxylic acids is 3. The van der Waals surface area contributed by atoms with E-state index in [-0.39, 0.29) is 59.4 Å². The summed E-state index contributed by atoms with van der Waals surface area (Å²) in [7, 11) is 2.70. The van der Waals surface area contributed by atoms with E-state index in [2.05, 4.69) is 25.2 Å². The van der Waals surface area contributed by atoms with Crippen molar-refractivity contribution in [1.29, 1.82) is 0 Å². The quantitative estimate of drug-likeness (QED) is 0.0860. The molecule has 10 rings (SSSR count). The van der Waals surface area contributed by atoms with Crippen molar-refractivity contribution in [3.63, 3.8) is 0 Å². The first kappa shape index (κ1) is 51.2. The number of ether oxygens (including phenoxy) is 1. The van der Waals surface area contributed by atoms with Crippen LogP contribution in [0.25, 0.3) is 22.1 Å². The number of hydrogen-bond donors (Lipinski definition) is 4. The molecule has 0 aliphatic carbocycles. The van der Waals surface area contributed by atoms with Gasteiger partial charge in [0.1, 0.15) is 29.4 Å². The number of piperidine rings is 1. The Labute approximate surface area is 435 Å². The number of likely N-dealkylation sites (tertiary alicyclic amines) is 2. The molecule has 75 heavy (non-hydrogen) atoms. The van der Waals surface area contributed by atoms with E-state index < -0.39 is 35.9 Å². The van der Waals surface area contributed by atoms with E-state index >= 15 is 8.78 Å². The van der Waals surface area contributed by atoms with Gasteiger partial charge in [-0.05, 0) is 123 Å². The van der Waals surface area contributed by atoms with Crippen molar-refractivity contribution in [3.05, 3.63) is 113 Å². The Bertz CT molecular complexity index is 3060. The Hall–Kier alpha value is -7.31. The predicted molar refractivity (Wildman–Crippen MR) is 280 cm³/mol. The van der Waals surface area contributed by atoms with Gasteiger partial charge in [0.25, 0.3) is 0 Å². The molecular formula is C56H67F2N11O6. The number of fused-ring (bicyclic) bond motifs is 2. The minimum Gasteiger partial charge on any atom is -0.465 e. The van der Waals surface area contributed by atoms with Gasteiger partial charge in [-0.3, -0.25) is 19.5 Å². The van der Waals surface area contributed by atoms with Crippen LogP contribution in [0.1, 0.15) is 138 Å². The number of aromatic nitrogens is 5. The first-order valence-corrected chi connectivity index (χ1v) is 26.4. The zero-order valence-electron chi connectivity index (χ0n) is 43.4. The molecule has 7 heterocycles. The molecule has 3 aromatic heterocycles. The molecule has 4 aliphatic rings. The fourth-order valence-corrected chi connectivity index (χ4v) is 12.4. The number of alkyl carbamates (subject to hydrolysis) is 1. The van der Waals surface area contributed by atoms with Gasteiger partial charge in [0.2, 0.25) is 11.8 Å². The summed E-state index contributed by atoms with van der Waals surface area (Å²) in [4.78, 5) is 82.4. The standard InChI is InChI=1S/C56H67F2N11O6/c1-31(2)48(64-55(72)75-6)53(70)67-23-9-12-46(67)51-60-40-16-14-34(27-42(40)62-51)44-18-19-45(69(44)36-29-37(57)50(38(58)30-36)66-25-20-33(21-26-66)39-11-7-8-22-59-39)35-15-17-41-43(28-35)63-52(61-41)47-13-10-24-68(47)54(71)49(32(3)4)65(5)56(73)74/h7-8,11,14-17,22,27-33,44-49H,9-10,12-13,18-21,23-26H2,1-6H3,(H,60,62)(H,61,63)(H,64,72)(H,73,74)/t44-,45-,46+,47+,48+,49+/m1/s1. The Balaban J connectivity index is 0.969. The van der Waals surface area contributed by atoms with Crippen LogP contribution < -0.4 is 15.1 Å². The summed E-state index contributed by atoms with van der Waals surface area (Å²) in [6.45, 7) is 9.42.